The lowest BCUT2D eigenvalue weighted by Gasteiger charge is -2.10. The Morgan fingerprint density at radius 2 is 2.10 bits per heavy atom. The number of halogens is 1. The second kappa shape index (κ2) is 6.23. The van der Waals surface area contributed by atoms with Crippen molar-refractivity contribution >= 4 is 5.69 Å². The largest absolute Gasteiger partial charge is 0.493 e. The van der Waals surface area contributed by atoms with Crippen LogP contribution < -0.4 is 16.0 Å². The summed E-state index contributed by atoms with van der Waals surface area (Å²) in [5.74, 6) is 0.382. The lowest BCUT2D eigenvalue weighted by atomic mass is 10.2. The summed E-state index contributed by atoms with van der Waals surface area (Å²) in [6, 6.07) is 7.43. The molecular weight excluding hydrogens is 259 g/mol. The van der Waals surface area contributed by atoms with Crippen molar-refractivity contribution in [2.75, 3.05) is 12.3 Å². The summed E-state index contributed by atoms with van der Waals surface area (Å²) >= 11 is 0. The maximum absolute atomic E-state index is 12.9. The van der Waals surface area contributed by atoms with Crippen LogP contribution in [0.2, 0.25) is 0 Å². The fraction of sp³-hybridized carbons (Fsp3) is 0.267. The SMILES string of the molecule is Cc1cc(F)ccc1OCCCn1cc(N)ccc1=O. The van der Waals surface area contributed by atoms with Gasteiger partial charge in [0.05, 0.1) is 6.61 Å². The van der Waals surface area contributed by atoms with Gasteiger partial charge >= 0.3 is 0 Å². The number of hydrogen-bond acceptors (Lipinski definition) is 3. The van der Waals surface area contributed by atoms with E-state index in [4.69, 9.17) is 10.5 Å². The second-order valence-electron chi connectivity index (χ2n) is 4.61. The zero-order valence-electron chi connectivity index (χ0n) is 11.3. The Bertz CT molecular complexity index is 653. The zero-order valence-corrected chi connectivity index (χ0v) is 11.3. The number of aryl methyl sites for hydroxylation is 2. The molecule has 0 unspecified atom stereocenters. The summed E-state index contributed by atoms with van der Waals surface area (Å²) in [6.45, 7) is 2.78. The molecule has 0 aliphatic rings. The van der Waals surface area contributed by atoms with Gasteiger partial charge in [-0.1, -0.05) is 0 Å². The minimum Gasteiger partial charge on any atom is -0.493 e. The number of aromatic nitrogens is 1. The quantitative estimate of drug-likeness (QED) is 0.853. The third-order valence-electron chi connectivity index (χ3n) is 2.94. The highest BCUT2D eigenvalue weighted by molar-refractivity contribution is 5.33. The van der Waals surface area contributed by atoms with Crippen LogP contribution in [0.1, 0.15) is 12.0 Å². The Morgan fingerprint density at radius 3 is 2.85 bits per heavy atom. The molecule has 20 heavy (non-hydrogen) atoms. The van der Waals surface area contributed by atoms with Gasteiger partial charge in [-0.05, 0) is 43.2 Å². The number of hydrogen-bond donors (Lipinski definition) is 1. The lowest BCUT2D eigenvalue weighted by molar-refractivity contribution is 0.298. The Hall–Kier alpha value is -2.30. The van der Waals surface area contributed by atoms with Crippen LogP contribution in [-0.4, -0.2) is 11.2 Å². The monoisotopic (exact) mass is 276 g/mol. The molecule has 0 spiro atoms. The van der Waals surface area contributed by atoms with Gasteiger partial charge in [-0.15, -0.1) is 0 Å². The molecule has 0 bridgehead atoms. The number of nitrogens with two attached hydrogens (primary N) is 1. The standard InChI is InChI=1S/C15H17FN2O2/c1-11-9-12(16)3-5-14(11)20-8-2-7-18-10-13(17)4-6-15(18)19/h3-6,9-10H,2,7-8,17H2,1H3. The van der Waals surface area contributed by atoms with Crippen LogP contribution in [0.3, 0.4) is 0 Å². The molecule has 106 valence electrons. The third-order valence-corrected chi connectivity index (χ3v) is 2.94. The van der Waals surface area contributed by atoms with E-state index in [1.807, 2.05) is 0 Å². The molecule has 1 heterocycles. The molecule has 0 aliphatic carbocycles. The van der Waals surface area contributed by atoms with E-state index in [2.05, 4.69) is 0 Å². The van der Waals surface area contributed by atoms with Crippen LogP contribution in [0, 0.1) is 12.7 Å². The summed E-state index contributed by atoms with van der Waals surface area (Å²) in [5, 5.41) is 0. The molecule has 1 aromatic heterocycles. The van der Waals surface area contributed by atoms with Crippen LogP contribution in [0.5, 0.6) is 5.75 Å². The number of benzene rings is 1. The summed E-state index contributed by atoms with van der Waals surface area (Å²) < 4.78 is 20.1. The maximum Gasteiger partial charge on any atom is 0.250 e. The number of anilines is 1. The number of ether oxygens (including phenoxy) is 1. The molecule has 0 atom stereocenters. The molecule has 0 fully saturated rings. The van der Waals surface area contributed by atoms with E-state index in [9.17, 15) is 9.18 Å². The van der Waals surface area contributed by atoms with E-state index in [1.165, 1.54) is 18.2 Å². The number of nitrogens with zero attached hydrogens (tertiary/aromatic N) is 1. The number of pyridine rings is 1. The number of nitrogen functional groups attached to an aromatic ring is 1. The average molecular weight is 276 g/mol. The first-order chi connectivity index (χ1) is 9.56. The third kappa shape index (κ3) is 3.60. The molecule has 0 saturated heterocycles. The van der Waals surface area contributed by atoms with Crippen LogP contribution in [0.25, 0.3) is 0 Å². The molecule has 2 N–H and O–H groups in total. The zero-order chi connectivity index (χ0) is 14.5. The average Bonchev–Trinajstić information content (AvgIpc) is 2.40. The van der Waals surface area contributed by atoms with Crippen molar-refractivity contribution in [3.05, 3.63) is 58.3 Å². The molecule has 0 amide bonds. The molecule has 1 aromatic carbocycles. The summed E-state index contributed by atoms with van der Waals surface area (Å²) in [7, 11) is 0. The van der Waals surface area contributed by atoms with Gasteiger partial charge in [-0.25, -0.2) is 4.39 Å². The predicted molar refractivity (Wildman–Crippen MR) is 76.4 cm³/mol. The predicted octanol–water partition coefficient (Wildman–Crippen LogP) is 2.35. The van der Waals surface area contributed by atoms with E-state index in [-0.39, 0.29) is 11.4 Å². The first-order valence-electron chi connectivity index (χ1n) is 6.41. The van der Waals surface area contributed by atoms with Gasteiger partial charge in [0.1, 0.15) is 11.6 Å². The van der Waals surface area contributed by atoms with Crippen molar-refractivity contribution in [3.8, 4) is 5.75 Å². The fourth-order valence-electron chi connectivity index (χ4n) is 1.92. The summed E-state index contributed by atoms with van der Waals surface area (Å²) in [4.78, 5) is 11.6. The Morgan fingerprint density at radius 1 is 1.30 bits per heavy atom. The Balaban J connectivity index is 1.87. The van der Waals surface area contributed by atoms with Gasteiger partial charge in [-0.2, -0.15) is 0 Å². The highest BCUT2D eigenvalue weighted by atomic mass is 19.1. The van der Waals surface area contributed by atoms with Gasteiger partial charge < -0.3 is 15.0 Å². The number of rotatable bonds is 5. The minimum absolute atomic E-state index is 0.0860. The van der Waals surface area contributed by atoms with Crippen LogP contribution >= 0.6 is 0 Å². The molecule has 0 saturated carbocycles. The Labute approximate surface area is 116 Å². The highest BCUT2D eigenvalue weighted by Gasteiger charge is 2.01. The maximum atomic E-state index is 12.9. The molecule has 2 rings (SSSR count). The molecule has 5 heteroatoms. The molecule has 4 nitrogen and oxygen atoms in total. The highest BCUT2D eigenvalue weighted by Crippen LogP contribution is 2.18. The second-order valence-corrected chi connectivity index (χ2v) is 4.61. The van der Waals surface area contributed by atoms with E-state index >= 15 is 0 Å². The van der Waals surface area contributed by atoms with Crippen LogP contribution in [-0.2, 0) is 6.54 Å². The van der Waals surface area contributed by atoms with Crippen molar-refractivity contribution in [1.82, 2.24) is 4.57 Å². The summed E-state index contributed by atoms with van der Waals surface area (Å²) in [5.41, 5.74) is 6.86. The molecule has 0 aliphatic heterocycles. The van der Waals surface area contributed by atoms with E-state index in [0.29, 0.717) is 31.0 Å². The fourth-order valence-corrected chi connectivity index (χ4v) is 1.92. The molecule has 0 radical (unpaired) electrons. The van der Waals surface area contributed by atoms with Crippen LogP contribution in [0.4, 0.5) is 10.1 Å². The van der Waals surface area contributed by atoms with E-state index in [0.717, 1.165) is 5.56 Å². The van der Waals surface area contributed by atoms with Crippen molar-refractivity contribution in [1.29, 1.82) is 0 Å². The molecular formula is C15H17FN2O2. The van der Waals surface area contributed by atoms with E-state index < -0.39 is 0 Å². The van der Waals surface area contributed by atoms with Gasteiger partial charge in [0.25, 0.3) is 5.56 Å². The van der Waals surface area contributed by atoms with Gasteiger partial charge in [0, 0.05) is 24.5 Å². The Kier molecular flexibility index (Phi) is 4.40. The lowest BCUT2D eigenvalue weighted by Crippen LogP contribution is -2.20. The van der Waals surface area contributed by atoms with Gasteiger partial charge in [-0.3, -0.25) is 4.79 Å². The van der Waals surface area contributed by atoms with Crippen molar-refractivity contribution in [3.63, 3.8) is 0 Å². The van der Waals surface area contributed by atoms with Gasteiger partial charge in [0.15, 0.2) is 0 Å². The smallest absolute Gasteiger partial charge is 0.250 e. The van der Waals surface area contributed by atoms with Crippen molar-refractivity contribution in [2.45, 2.75) is 19.9 Å². The topological polar surface area (TPSA) is 57.2 Å². The first-order valence-corrected chi connectivity index (χ1v) is 6.41. The normalized spacial score (nSPS) is 10.5. The van der Waals surface area contributed by atoms with Crippen molar-refractivity contribution < 1.29 is 9.13 Å². The first kappa shape index (κ1) is 14.1. The van der Waals surface area contributed by atoms with E-state index in [1.54, 1.807) is 29.8 Å². The minimum atomic E-state index is -0.277. The van der Waals surface area contributed by atoms with Crippen molar-refractivity contribution in [2.24, 2.45) is 0 Å². The van der Waals surface area contributed by atoms with Crippen LogP contribution in [0.15, 0.2) is 41.3 Å². The van der Waals surface area contributed by atoms with Gasteiger partial charge in [0.2, 0.25) is 0 Å². The molecule has 2 aromatic rings. The summed E-state index contributed by atoms with van der Waals surface area (Å²) in [6.07, 6.45) is 2.28.